The molecule has 5 rings (SSSR count). The molecule has 1 nitrogen and oxygen atoms in total. The second-order valence-corrected chi connectivity index (χ2v) is 7.18. The van der Waals surface area contributed by atoms with E-state index in [0.29, 0.717) is 5.41 Å². The maximum absolute atomic E-state index is 2.47. The van der Waals surface area contributed by atoms with E-state index >= 15 is 0 Å². The SMILES string of the molecule is Cc1cc(C23CC4CC(CC(C4)C2)C3)cn1C. The van der Waals surface area contributed by atoms with Gasteiger partial charge in [0.2, 0.25) is 0 Å². The summed E-state index contributed by atoms with van der Waals surface area (Å²) in [4.78, 5) is 0. The zero-order valence-corrected chi connectivity index (χ0v) is 11.1. The predicted octanol–water partition coefficient (Wildman–Crippen LogP) is 3.80. The third-order valence-corrected chi connectivity index (χ3v) is 5.90. The molecule has 4 saturated carbocycles. The summed E-state index contributed by atoms with van der Waals surface area (Å²) < 4.78 is 2.31. The molecule has 0 unspecified atom stereocenters. The van der Waals surface area contributed by atoms with Crippen LogP contribution in [0, 0.1) is 24.7 Å². The monoisotopic (exact) mass is 229 g/mol. The highest BCUT2D eigenvalue weighted by atomic mass is 14.9. The Bertz CT molecular complexity index is 399. The predicted molar refractivity (Wildman–Crippen MR) is 70.0 cm³/mol. The average Bonchev–Trinajstić information content (AvgIpc) is 2.58. The third-order valence-electron chi connectivity index (χ3n) is 5.90. The molecule has 4 aliphatic carbocycles. The fourth-order valence-corrected chi connectivity index (χ4v) is 5.43. The van der Waals surface area contributed by atoms with E-state index in [-0.39, 0.29) is 0 Å². The minimum atomic E-state index is 0.584. The van der Waals surface area contributed by atoms with Gasteiger partial charge in [0.25, 0.3) is 0 Å². The fraction of sp³-hybridized carbons (Fsp3) is 0.750. The smallest absolute Gasteiger partial charge is 0.0143 e. The molecule has 17 heavy (non-hydrogen) atoms. The summed E-state index contributed by atoms with van der Waals surface area (Å²) in [5.41, 5.74) is 3.67. The third kappa shape index (κ3) is 1.37. The van der Waals surface area contributed by atoms with Crippen LogP contribution in [-0.2, 0) is 12.5 Å². The normalized spacial score (nSPS) is 43.3. The Labute approximate surface area is 104 Å². The van der Waals surface area contributed by atoms with E-state index in [1.165, 1.54) is 25.0 Å². The molecule has 1 heteroatoms. The highest BCUT2D eigenvalue weighted by Gasteiger charge is 2.51. The van der Waals surface area contributed by atoms with Crippen molar-refractivity contribution >= 4 is 0 Å². The van der Waals surface area contributed by atoms with Crippen LogP contribution in [0.2, 0.25) is 0 Å². The van der Waals surface area contributed by atoms with Crippen LogP contribution in [0.4, 0.5) is 0 Å². The first-order valence-electron chi connectivity index (χ1n) is 7.28. The Balaban J connectivity index is 1.77. The van der Waals surface area contributed by atoms with Crippen molar-refractivity contribution in [3.63, 3.8) is 0 Å². The number of aryl methyl sites for hydroxylation is 2. The number of hydrogen-bond donors (Lipinski definition) is 0. The number of rotatable bonds is 1. The van der Waals surface area contributed by atoms with Gasteiger partial charge in [-0.25, -0.2) is 0 Å². The van der Waals surface area contributed by atoms with Gasteiger partial charge in [0.1, 0.15) is 0 Å². The van der Waals surface area contributed by atoms with Crippen molar-refractivity contribution in [2.75, 3.05) is 0 Å². The van der Waals surface area contributed by atoms with E-state index in [2.05, 4.69) is 30.8 Å². The topological polar surface area (TPSA) is 4.93 Å². The van der Waals surface area contributed by atoms with E-state index < -0.39 is 0 Å². The van der Waals surface area contributed by atoms with E-state index in [1.807, 2.05) is 0 Å². The first-order valence-corrected chi connectivity index (χ1v) is 7.28. The summed E-state index contributed by atoms with van der Waals surface area (Å²) in [5, 5.41) is 0. The zero-order valence-electron chi connectivity index (χ0n) is 11.1. The van der Waals surface area contributed by atoms with Crippen molar-refractivity contribution in [1.82, 2.24) is 4.57 Å². The lowest BCUT2D eigenvalue weighted by molar-refractivity contribution is -0.00518. The second-order valence-electron chi connectivity index (χ2n) is 7.18. The number of nitrogens with zero attached hydrogens (tertiary/aromatic N) is 1. The summed E-state index contributed by atoms with van der Waals surface area (Å²) in [7, 11) is 2.19. The molecule has 0 saturated heterocycles. The fourth-order valence-electron chi connectivity index (χ4n) is 5.43. The van der Waals surface area contributed by atoms with Crippen molar-refractivity contribution in [3.05, 3.63) is 23.5 Å². The largest absolute Gasteiger partial charge is 0.354 e. The molecule has 1 heterocycles. The van der Waals surface area contributed by atoms with Crippen molar-refractivity contribution in [1.29, 1.82) is 0 Å². The molecule has 0 atom stereocenters. The molecular weight excluding hydrogens is 206 g/mol. The van der Waals surface area contributed by atoms with Gasteiger partial charge in [-0.2, -0.15) is 0 Å². The molecule has 0 spiro atoms. The molecule has 0 N–H and O–H groups in total. The Morgan fingerprint density at radius 2 is 1.59 bits per heavy atom. The van der Waals surface area contributed by atoms with Gasteiger partial charge in [0.15, 0.2) is 0 Å². The first-order chi connectivity index (χ1) is 8.14. The summed E-state index contributed by atoms with van der Waals surface area (Å²) >= 11 is 0. The molecule has 0 aliphatic heterocycles. The lowest BCUT2D eigenvalue weighted by atomic mass is 9.48. The van der Waals surface area contributed by atoms with E-state index in [0.717, 1.165) is 17.8 Å². The Morgan fingerprint density at radius 3 is 2.00 bits per heavy atom. The van der Waals surface area contributed by atoms with Crippen molar-refractivity contribution in [2.24, 2.45) is 24.8 Å². The van der Waals surface area contributed by atoms with Crippen LogP contribution in [0.25, 0.3) is 0 Å². The molecule has 0 radical (unpaired) electrons. The minimum Gasteiger partial charge on any atom is -0.354 e. The lowest BCUT2D eigenvalue weighted by Gasteiger charge is -2.56. The van der Waals surface area contributed by atoms with Gasteiger partial charge in [-0.15, -0.1) is 0 Å². The number of hydrogen-bond acceptors (Lipinski definition) is 0. The zero-order chi connectivity index (χ0) is 11.6. The van der Waals surface area contributed by atoms with Crippen LogP contribution < -0.4 is 0 Å². The standard InChI is InChI=1S/C16H23N/c1-11-3-15(10-17(11)2)16-7-12-4-13(8-16)6-14(5-12)9-16/h3,10,12-14H,4-9H2,1-2H3. The summed E-state index contributed by atoms with van der Waals surface area (Å²) in [6, 6.07) is 2.47. The summed E-state index contributed by atoms with van der Waals surface area (Å²) in [5.74, 6) is 3.17. The van der Waals surface area contributed by atoms with Gasteiger partial charge >= 0.3 is 0 Å². The molecule has 0 aromatic carbocycles. The van der Waals surface area contributed by atoms with E-state index in [1.54, 1.807) is 24.8 Å². The van der Waals surface area contributed by atoms with Crippen LogP contribution in [0.15, 0.2) is 12.3 Å². The van der Waals surface area contributed by atoms with Crippen LogP contribution in [0.5, 0.6) is 0 Å². The first kappa shape index (κ1) is 10.2. The van der Waals surface area contributed by atoms with Gasteiger partial charge in [-0.3, -0.25) is 0 Å². The van der Waals surface area contributed by atoms with Gasteiger partial charge in [-0.05, 0) is 80.2 Å². The number of aromatic nitrogens is 1. The van der Waals surface area contributed by atoms with Crippen LogP contribution in [0.3, 0.4) is 0 Å². The van der Waals surface area contributed by atoms with Crippen LogP contribution in [0.1, 0.15) is 49.8 Å². The highest BCUT2D eigenvalue weighted by Crippen LogP contribution is 2.60. The van der Waals surface area contributed by atoms with Crippen molar-refractivity contribution < 1.29 is 0 Å². The maximum atomic E-state index is 2.47. The molecule has 1 aromatic rings. The molecule has 1 aromatic heterocycles. The maximum Gasteiger partial charge on any atom is 0.0143 e. The molecular formula is C16H23N. The lowest BCUT2D eigenvalue weighted by Crippen LogP contribution is -2.48. The Morgan fingerprint density at radius 1 is 1.06 bits per heavy atom. The summed E-state index contributed by atoms with van der Waals surface area (Å²) in [6.45, 7) is 2.24. The Kier molecular flexibility index (Phi) is 1.92. The minimum absolute atomic E-state index is 0.584. The van der Waals surface area contributed by atoms with Gasteiger partial charge in [0, 0.05) is 18.9 Å². The molecule has 92 valence electrons. The molecule has 4 fully saturated rings. The van der Waals surface area contributed by atoms with Crippen molar-refractivity contribution in [2.45, 2.75) is 50.9 Å². The van der Waals surface area contributed by atoms with Gasteiger partial charge in [-0.1, -0.05) is 0 Å². The molecule has 4 aliphatic rings. The van der Waals surface area contributed by atoms with Crippen LogP contribution >= 0.6 is 0 Å². The Hall–Kier alpha value is -0.720. The van der Waals surface area contributed by atoms with Crippen molar-refractivity contribution in [3.8, 4) is 0 Å². The quantitative estimate of drug-likeness (QED) is 0.690. The molecule has 0 amide bonds. The summed E-state index contributed by atoms with van der Waals surface area (Å²) in [6.07, 6.45) is 11.5. The average molecular weight is 229 g/mol. The van der Waals surface area contributed by atoms with Crippen LogP contribution in [-0.4, -0.2) is 4.57 Å². The highest BCUT2D eigenvalue weighted by molar-refractivity contribution is 5.30. The second kappa shape index (κ2) is 3.18. The van der Waals surface area contributed by atoms with E-state index in [4.69, 9.17) is 0 Å². The van der Waals surface area contributed by atoms with Gasteiger partial charge in [0.05, 0.1) is 0 Å². The molecule has 4 bridgehead atoms. The van der Waals surface area contributed by atoms with E-state index in [9.17, 15) is 0 Å². The van der Waals surface area contributed by atoms with Gasteiger partial charge < -0.3 is 4.57 Å².